The van der Waals surface area contributed by atoms with Crippen molar-refractivity contribution in [2.24, 2.45) is 0 Å². The van der Waals surface area contributed by atoms with Gasteiger partial charge in [-0.05, 0) is 48.4 Å². The number of rotatable bonds is 4. The van der Waals surface area contributed by atoms with Gasteiger partial charge in [0.05, 0.1) is 4.90 Å². The fourth-order valence-electron chi connectivity index (χ4n) is 1.64. The van der Waals surface area contributed by atoms with Gasteiger partial charge in [0, 0.05) is 10.7 Å². The Labute approximate surface area is 117 Å². The van der Waals surface area contributed by atoms with Crippen LogP contribution in [0.5, 0.6) is 11.5 Å². The van der Waals surface area contributed by atoms with E-state index in [0.29, 0.717) is 5.75 Å². The van der Waals surface area contributed by atoms with Crippen LogP contribution in [0.4, 0.5) is 0 Å². The Kier molecular flexibility index (Phi) is 4.12. The lowest BCUT2D eigenvalue weighted by atomic mass is 10.2. The predicted octanol–water partition coefficient (Wildman–Crippen LogP) is 3.97. The first kappa shape index (κ1) is 13.9. The topological polar surface area (TPSA) is 43.4 Å². The van der Waals surface area contributed by atoms with E-state index in [1.54, 1.807) is 12.1 Å². The predicted molar refractivity (Wildman–Crippen MR) is 75.4 cm³/mol. The van der Waals surface area contributed by atoms with Crippen LogP contribution < -0.4 is 4.74 Å². The molecule has 0 atom stereocenters. The van der Waals surface area contributed by atoms with Crippen molar-refractivity contribution in [1.82, 2.24) is 0 Å². The Hall–Kier alpha value is -1.52. The van der Waals surface area contributed by atoms with Crippen LogP contribution in [0.1, 0.15) is 12.5 Å². The van der Waals surface area contributed by atoms with Gasteiger partial charge >= 0.3 is 0 Å². The Balaban J connectivity index is 2.19. The minimum atomic E-state index is -3.69. The van der Waals surface area contributed by atoms with Crippen LogP contribution in [0.3, 0.4) is 0 Å². The molecule has 2 aromatic rings. The van der Waals surface area contributed by atoms with Gasteiger partial charge in [-0.3, -0.25) is 0 Å². The number of halogens is 1. The summed E-state index contributed by atoms with van der Waals surface area (Å²) in [5.74, 6) is 1.29. The maximum absolute atomic E-state index is 11.1. The van der Waals surface area contributed by atoms with Gasteiger partial charge < -0.3 is 4.74 Å². The summed E-state index contributed by atoms with van der Waals surface area (Å²) in [6.07, 6.45) is 0.931. The number of benzene rings is 2. The summed E-state index contributed by atoms with van der Waals surface area (Å²) >= 11 is 0. The Morgan fingerprint density at radius 2 is 1.74 bits per heavy atom. The van der Waals surface area contributed by atoms with Crippen LogP contribution in [0.15, 0.2) is 53.4 Å². The van der Waals surface area contributed by atoms with Gasteiger partial charge in [-0.25, -0.2) is 8.42 Å². The van der Waals surface area contributed by atoms with Crippen molar-refractivity contribution in [2.45, 2.75) is 18.2 Å². The molecule has 0 heterocycles. The number of hydrogen-bond acceptors (Lipinski definition) is 3. The monoisotopic (exact) mass is 296 g/mol. The molecule has 0 radical (unpaired) electrons. The second-order valence-corrected chi connectivity index (χ2v) is 6.58. The third-order valence-corrected chi connectivity index (χ3v) is 4.02. The normalized spacial score (nSPS) is 11.3. The summed E-state index contributed by atoms with van der Waals surface area (Å²) in [7, 11) is 1.56. The molecular formula is C14H13ClO3S. The number of aryl methyl sites for hydroxylation is 1. The summed E-state index contributed by atoms with van der Waals surface area (Å²) < 4.78 is 27.9. The van der Waals surface area contributed by atoms with E-state index < -0.39 is 9.05 Å². The second-order valence-electron chi connectivity index (χ2n) is 4.01. The van der Waals surface area contributed by atoms with Crippen molar-refractivity contribution in [3.63, 3.8) is 0 Å². The highest BCUT2D eigenvalue weighted by Crippen LogP contribution is 2.24. The van der Waals surface area contributed by atoms with E-state index in [4.69, 9.17) is 15.4 Å². The number of hydrogen-bond donors (Lipinski definition) is 0. The van der Waals surface area contributed by atoms with E-state index in [1.807, 2.05) is 24.3 Å². The molecule has 0 aromatic heterocycles. The van der Waals surface area contributed by atoms with E-state index >= 15 is 0 Å². The molecule has 0 saturated heterocycles. The zero-order valence-electron chi connectivity index (χ0n) is 10.3. The lowest BCUT2D eigenvalue weighted by Crippen LogP contribution is -1.91. The fraction of sp³-hybridized carbons (Fsp3) is 0.143. The first-order valence-electron chi connectivity index (χ1n) is 5.80. The van der Waals surface area contributed by atoms with Crippen LogP contribution in [0, 0.1) is 0 Å². The maximum atomic E-state index is 11.1. The smallest absolute Gasteiger partial charge is 0.261 e. The van der Waals surface area contributed by atoms with E-state index in [1.165, 1.54) is 17.7 Å². The summed E-state index contributed by atoms with van der Waals surface area (Å²) in [6, 6.07) is 13.7. The van der Waals surface area contributed by atoms with E-state index in [9.17, 15) is 8.42 Å². The lowest BCUT2D eigenvalue weighted by Gasteiger charge is -2.07. The maximum Gasteiger partial charge on any atom is 0.261 e. The summed E-state index contributed by atoms with van der Waals surface area (Å²) in [4.78, 5) is 0.0591. The van der Waals surface area contributed by atoms with Gasteiger partial charge in [0.1, 0.15) is 11.5 Å². The largest absolute Gasteiger partial charge is 0.457 e. The first-order valence-corrected chi connectivity index (χ1v) is 8.11. The fourth-order valence-corrected chi connectivity index (χ4v) is 2.40. The van der Waals surface area contributed by atoms with Crippen molar-refractivity contribution in [3.8, 4) is 11.5 Å². The van der Waals surface area contributed by atoms with Gasteiger partial charge in [-0.2, -0.15) is 0 Å². The van der Waals surface area contributed by atoms with Gasteiger partial charge in [0.2, 0.25) is 0 Å². The molecule has 2 aromatic carbocycles. The molecule has 3 nitrogen and oxygen atoms in total. The summed E-state index contributed by atoms with van der Waals surface area (Å²) in [5, 5.41) is 0. The van der Waals surface area contributed by atoms with Gasteiger partial charge in [-0.1, -0.05) is 19.1 Å². The Bertz CT molecular complexity index is 663. The van der Waals surface area contributed by atoms with Crippen molar-refractivity contribution in [1.29, 1.82) is 0 Å². The molecule has 19 heavy (non-hydrogen) atoms. The zero-order chi connectivity index (χ0) is 13.9. The molecule has 0 aliphatic rings. The van der Waals surface area contributed by atoms with Crippen LogP contribution >= 0.6 is 10.7 Å². The van der Waals surface area contributed by atoms with Crippen LogP contribution in [0.2, 0.25) is 0 Å². The Morgan fingerprint density at radius 1 is 1.05 bits per heavy atom. The quantitative estimate of drug-likeness (QED) is 0.802. The average molecular weight is 297 g/mol. The van der Waals surface area contributed by atoms with Crippen molar-refractivity contribution in [2.75, 3.05) is 0 Å². The molecule has 0 N–H and O–H groups in total. The second kappa shape index (κ2) is 5.63. The highest BCUT2D eigenvalue weighted by Gasteiger charge is 2.09. The molecule has 0 fully saturated rings. The molecule has 0 aliphatic heterocycles. The lowest BCUT2D eigenvalue weighted by molar-refractivity contribution is 0.481. The minimum Gasteiger partial charge on any atom is -0.457 e. The van der Waals surface area contributed by atoms with Crippen LogP contribution in [-0.2, 0) is 15.5 Å². The standard InChI is InChI=1S/C14H13ClO3S/c1-2-11-4-3-5-13(10-11)18-12-6-8-14(9-7-12)19(15,16)17/h3-10H,2H2,1H3. The van der Waals surface area contributed by atoms with Gasteiger partial charge in [-0.15, -0.1) is 0 Å². The zero-order valence-corrected chi connectivity index (χ0v) is 11.9. The number of ether oxygens (including phenoxy) is 1. The molecule has 100 valence electrons. The molecule has 0 unspecified atom stereocenters. The van der Waals surface area contributed by atoms with Crippen molar-refractivity contribution in [3.05, 3.63) is 54.1 Å². The van der Waals surface area contributed by atoms with E-state index in [-0.39, 0.29) is 4.90 Å². The molecule has 2 rings (SSSR count). The molecular weight excluding hydrogens is 284 g/mol. The van der Waals surface area contributed by atoms with Gasteiger partial charge in [0.15, 0.2) is 0 Å². The molecule has 0 saturated carbocycles. The van der Waals surface area contributed by atoms with Crippen LogP contribution in [-0.4, -0.2) is 8.42 Å². The van der Waals surface area contributed by atoms with E-state index in [0.717, 1.165) is 12.2 Å². The molecule has 0 aliphatic carbocycles. The highest BCUT2D eigenvalue weighted by molar-refractivity contribution is 8.13. The summed E-state index contributed by atoms with van der Waals surface area (Å²) in [6.45, 7) is 2.07. The SMILES string of the molecule is CCc1cccc(Oc2ccc(S(=O)(=O)Cl)cc2)c1. The molecule has 0 amide bonds. The Morgan fingerprint density at radius 3 is 2.32 bits per heavy atom. The van der Waals surface area contributed by atoms with Gasteiger partial charge in [0.25, 0.3) is 9.05 Å². The molecule has 0 bridgehead atoms. The van der Waals surface area contributed by atoms with E-state index in [2.05, 4.69) is 6.92 Å². The highest BCUT2D eigenvalue weighted by atomic mass is 35.7. The van der Waals surface area contributed by atoms with Crippen LogP contribution in [0.25, 0.3) is 0 Å². The molecule has 5 heteroatoms. The third-order valence-electron chi connectivity index (χ3n) is 2.65. The van der Waals surface area contributed by atoms with Crippen molar-refractivity contribution < 1.29 is 13.2 Å². The molecule has 0 spiro atoms. The third kappa shape index (κ3) is 3.72. The summed E-state index contributed by atoms with van der Waals surface area (Å²) in [5.41, 5.74) is 1.18. The average Bonchev–Trinajstić information content (AvgIpc) is 2.38. The van der Waals surface area contributed by atoms with Crippen molar-refractivity contribution >= 4 is 19.7 Å². The minimum absolute atomic E-state index is 0.0591. The first-order chi connectivity index (χ1) is 8.99.